The summed E-state index contributed by atoms with van der Waals surface area (Å²) in [5, 5.41) is 5.61. The second kappa shape index (κ2) is 6.34. The molecule has 0 saturated carbocycles. The fourth-order valence-electron chi connectivity index (χ4n) is 3.26. The Labute approximate surface area is 163 Å². The van der Waals surface area contributed by atoms with Crippen LogP contribution in [0.3, 0.4) is 0 Å². The number of halogens is 1. The number of fused-ring (bicyclic) bond motifs is 2. The van der Waals surface area contributed by atoms with Crippen LogP contribution in [0.15, 0.2) is 76.9 Å². The van der Waals surface area contributed by atoms with Crippen molar-refractivity contribution in [1.29, 1.82) is 0 Å². The van der Waals surface area contributed by atoms with Crippen molar-refractivity contribution >= 4 is 43.9 Å². The predicted octanol–water partition coefficient (Wildman–Crippen LogP) is 6.13. The molecule has 0 fully saturated rings. The van der Waals surface area contributed by atoms with E-state index < -0.39 is 0 Å². The number of hydrogen-bond donors (Lipinski definition) is 1. The van der Waals surface area contributed by atoms with Crippen LogP contribution in [0.25, 0.3) is 43.5 Å². The summed E-state index contributed by atoms with van der Waals surface area (Å²) < 4.78 is 0. The standard InChI is InChI=1S/C22H13ClN2OS/c23-17-9-7-14(8-10-17)20-24-21(26)19-18(12-27-22(19)25-20)16-6-5-13-3-1-2-4-15(13)11-16/h1-12H,(H,24,25,26). The number of nitrogens with one attached hydrogen (secondary N) is 1. The van der Waals surface area contributed by atoms with E-state index in [2.05, 4.69) is 40.3 Å². The summed E-state index contributed by atoms with van der Waals surface area (Å²) >= 11 is 7.43. The Bertz CT molecular complexity index is 1350. The number of H-pyrrole nitrogens is 1. The minimum Gasteiger partial charge on any atom is -0.306 e. The van der Waals surface area contributed by atoms with Gasteiger partial charge in [0.25, 0.3) is 5.56 Å². The van der Waals surface area contributed by atoms with Crippen molar-refractivity contribution < 1.29 is 0 Å². The van der Waals surface area contributed by atoms with E-state index in [1.807, 2.05) is 29.6 Å². The van der Waals surface area contributed by atoms with Gasteiger partial charge in [0, 0.05) is 21.5 Å². The van der Waals surface area contributed by atoms with Crippen molar-refractivity contribution in [1.82, 2.24) is 9.97 Å². The van der Waals surface area contributed by atoms with Gasteiger partial charge in [0.1, 0.15) is 10.7 Å². The van der Waals surface area contributed by atoms with Crippen molar-refractivity contribution in [2.75, 3.05) is 0 Å². The van der Waals surface area contributed by atoms with E-state index in [0.717, 1.165) is 26.9 Å². The van der Waals surface area contributed by atoms with Crippen LogP contribution < -0.4 is 5.56 Å². The zero-order chi connectivity index (χ0) is 18.4. The Morgan fingerprint density at radius 2 is 1.63 bits per heavy atom. The number of benzene rings is 3. The van der Waals surface area contributed by atoms with Gasteiger partial charge in [0.05, 0.1) is 5.39 Å². The molecule has 0 aliphatic carbocycles. The van der Waals surface area contributed by atoms with E-state index >= 15 is 0 Å². The lowest BCUT2D eigenvalue weighted by molar-refractivity contribution is 1.19. The highest BCUT2D eigenvalue weighted by atomic mass is 35.5. The van der Waals surface area contributed by atoms with E-state index in [-0.39, 0.29) is 5.56 Å². The van der Waals surface area contributed by atoms with Crippen molar-refractivity contribution in [3.8, 4) is 22.5 Å². The summed E-state index contributed by atoms with van der Waals surface area (Å²) in [5.74, 6) is 0.552. The molecule has 1 N–H and O–H groups in total. The Morgan fingerprint density at radius 3 is 2.44 bits per heavy atom. The molecule has 0 aliphatic heterocycles. The first-order valence-corrected chi connectivity index (χ1v) is 9.71. The highest BCUT2D eigenvalue weighted by molar-refractivity contribution is 7.17. The molecule has 5 aromatic rings. The van der Waals surface area contributed by atoms with Crippen molar-refractivity contribution in [2.45, 2.75) is 0 Å². The van der Waals surface area contributed by atoms with Crippen molar-refractivity contribution in [3.05, 3.63) is 87.5 Å². The highest BCUT2D eigenvalue weighted by Gasteiger charge is 2.14. The van der Waals surface area contributed by atoms with Crippen LogP contribution in [0.4, 0.5) is 0 Å². The third kappa shape index (κ3) is 2.83. The SMILES string of the molecule is O=c1[nH]c(-c2ccc(Cl)cc2)nc2scc(-c3ccc4ccccc4c3)c12. The fraction of sp³-hybridized carbons (Fsp3) is 0. The molecule has 130 valence electrons. The molecule has 0 amide bonds. The monoisotopic (exact) mass is 388 g/mol. The quantitative estimate of drug-likeness (QED) is 0.395. The van der Waals surface area contributed by atoms with Gasteiger partial charge in [-0.25, -0.2) is 4.98 Å². The molecule has 5 rings (SSSR count). The number of aromatic amines is 1. The topological polar surface area (TPSA) is 45.8 Å². The molecule has 0 spiro atoms. The van der Waals surface area contributed by atoms with Crippen LogP contribution >= 0.6 is 22.9 Å². The molecule has 5 heteroatoms. The van der Waals surface area contributed by atoms with E-state index in [1.165, 1.54) is 16.7 Å². The van der Waals surface area contributed by atoms with E-state index in [1.54, 1.807) is 12.1 Å². The number of rotatable bonds is 2. The number of thiophene rings is 1. The summed E-state index contributed by atoms with van der Waals surface area (Å²) in [6, 6.07) is 21.7. The Balaban J connectivity index is 1.68. The molecule has 27 heavy (non-hydrogen) atoms. The fourth-order valence-corrected chi connectivity index (χ4v) is 4.34. The van der Waals surface area contributed by atoms with Crippen molar-refractivity contribution in [2.24, 2.45) is 0 Å². The predicted molar refractivity (Wildman–Crippen MR) is 114 cm³/mol. The summed E-state index contributed by atoms with van der Waals surface area (Å²) in [7, 11) is 0. The van der Waals surface area contributed by atoms with Gasteiger partial charge in [-0.1, -0.05) is 48.0 Å². The average Bonchev–Trinajstić information content (AvgIpc) is 3.13. The molecule has 0 saturated heterocycles. The molecular weight excluding hydrogens is 376 g/mol. The highest BCUT2D eigenvalue weighted by Crippen LogP contribution is 2.33. The van der Waals surface area contributed by atoms with E-state index in [0.29, 0.717) is 16.2 Å². The van der Waals surface area contributed by atoms with Crippen molar-refractivity contribution in [3.63, 3.8) is 0 Å². The average molecular weight is 389 g/mol. The van der Waals surface area contributed by atoms with Gasteiger partial charge in [0.2, 0.25) is 0 Å². The third-order valence-corrected chi connectivity index (χ3v) is 5.75. The van der Waals surface area contributed by atoms with Gasteiger partial charge in [-0.2, -0.15) is 0 Å². The Kier molecular flexibility index (Phi) is 3.81. The molecule has 0 bridgehead atoms. The van der Waals surface area contributed by atoms with Gasteiger partial charge in [-0.3, -0.25) is 4.79 Å². The largest absolute Gasteiger partial charge is 0.306 e. The molecule has 2 aromatic heterocycles. The first-order chi connectivity index (χ1) is 13.2. The molecule has 3 aromatic carbocycles. The van der Waals surface area contributed by atoms with Crippen LogP contribution in [0.5, 0.6) is 0 Å². The van der Waals surface area contributed by atoms with E-state index in [4.69, 9.17) is 11.6 Å². The van der Waals surface area contributed by atoms with Gasteiger partial charge in [0.15, 0.2) is 0 Å². The van der Waals surface area contributed by atoms with E-state index in [9.17, 15) is 4.79 Å². The summed E-state index contributed by atoms with van der Waals surface area (Å²) in [6.45, 7) is 0. The summed E-state index contributed by atoms with van der Waals surface area (Å²) in [4.78, 5) is 21.2. The molecule has 3 nitrogen and oxygen atoms in total. The van der Waals surface area contributed by atoms with Gasteiger partial charge in [-0.05, 0) is 46.7 Å². The molecule has 0 aliphatic rings. The van der Waals surface area contributed by atoms with Gasteiger partial charge in [-0.15, -0.1) is 11.3 Å². The summed E-state index contributed by atoms with van der Waals surface area (Å²) in [5.41, 5.74) is 2.64. The van der Waals surface area contributed by atoms with Crippen LogP contribution in [-0.4, -0.2) is 9.97 Å². The van der Waals surface area contributed by atoms with Gasteiger partial charge >= 0.3 is 0 Å². The maximum absolute atomic E-state index is 12.8. The lowest BCUT2D eigenvalue weighted by Gasteiger charge is -2.04. The maximum atomic E-state index is 12.8. The molecule has 0 radical (unpaired) electrons. The van der Waals surface area contributed by atoms with Crippen LogP contribution in [0.1, 0.15) is 0 Å². The zero-order valence-electron chi connectivity index (χ0n) is 14.1. The number of hydrogen-bond acceptors (Lipinski definition) is 3. The Morgan fingerprint density at radius 1 is 0.889 bits per heavy atom. The summed E-state index contributed by atoms with van der Waals surface area (Å²) in [6.07, 6.45) is 0. The third-order valence-electron chi connectivity index (χ3n) is 4.62. The van der Waals surface area contributed by atoms with Crippen LogP contribution in [0, 0.1) is 0 Å². The second-order valence-corrected chi connectivity index (χ2v) is 7.61. The number of aromatic nitrogens is 2. The molecule has 0 unspecified atom stereocenters. The minimum absolute atomic E-state index is 0.130. The zero-order valence-corrected chi connectivity index (χ0v) is 15.6. The molecule has 0 atom stereocenters. The second-order valence-electron chi connectivity index (χ2n) is 6.31. The first kappa shape index (κ1) is 16.2. The molecular formula is C22H13ClN2OS. The van der Waals surface area contributed by atoms with Crippen LogP contribution in [-0.2, 0) is 0 Å². The van der Waals surface area contributed by atoms with Gasteiger partial charge < -0.3 is 4.98 Å². The minimum atomic E-state index is -0.130. The maximum Gasteiger partial charge on any atom is 0.260 e. The normalized spacial score (nSPS) is 11.3. The lowest BCUT2D eigenvalue weighted by Crippen LogP contribution is -2.08. The smallest absolute Gasteiger partial charge is 0.260 e. The molecule has 2 heterocycles. The lowest BCUT2D eigenvalue weighted by atomic mass is 10.0. The Hall–Kier alpha value is -2.95. The number of nitrogens with zero attached hydrogens (tertiary/aromatic N) is 1. The van der Waals surface area contributed by atoms with Crippen LogP contribution in [0.2, 0.25) is 5.02 Å². The first-order valence-electron chi connectivity index (χ1n) is 8.46.